The number of unbranched alkanes of at least 4 members (excludes halogenated alkanes) is 5. The maximum absolute atomic E-state index is 12.5. The number of rotatable bonds is 8. The van der Waals surface area contributed by atoms with Crippen molar-refractivity contribution in [1.29, 1.82) is 0 Å². The standard InChI is InChI=1S/C21H32ClN3O2/c1-2-3-4-5-6-7-12-20(26)24-13-9-14-25(16-15-24)21(27)23-19-11-8-10-18(22)17-19/h8,10-11,17H,2-7,9,12-16H2,1H3,(H,23,27). The van der Waals surface area contributed by atoms with Crippen LogP contribution in [0.3, 0.4) is 0 Å². The second-order valence-electron chi connectivity index (χ2n) is 7.18. The van der Waals surface area contributed by atoms with Crippen LogP contribution in [0.2, 0.25) is 5.02 Å². The third-order valence-corrected chi connectivity index (χ3v) is 5.19. The monoisotopic (exact) mass is 393 g/mol. The first-order valence-corrected chi connectivity index (χ1v) is 10.6. The molecule has 0 aromatic heterocycles. The van der Waals surface area contributed by atoms with Crippen molar-refractivity contribution >= 4 is 29.2 Å². The molecule has 1 saturated heterocycles. The molecule has 0 bridgehead atoms. The van der Waals surface area contributed by atoms with Crippen LogP contribution in [0.25, 0.3) is 0 Å². The maximum Gasteiger partial charge on any atom is 0.321 e. The van der Waals surface area contributed by atoms with Crippen LogP contribution in [-0.2, 0) is 4.79 Å². The minimum Gasteiger partial charge on any atom is -0.341 e. The average Bonchev–Trinajstić information content (AvgIpc) is 2.91. The molecule has 1 heterocycles. The Morgan fingerprint density at radius 2 is 1.70 bits per heavy atom. The number of nitrogens with zero attached hydrogens (tertiary/aromatic N) is 2. The van der Waals surface area contributed by atoms with E-state index >= 15 is 0 Å². The van der Waals surface area contributed by atoms with Crippen LogP contribution in [0.15, 0.2) is 24.3 Å². The number of anilines is 1. The SMILES string of the molecule is CCCCCCCCC(=O)N1CCCN(C(=O)Nc2cccc(Cl)c2)CC1. The minimum atomic E-state index is -0.137. The van der Waals surface area contributed by atoms with Gasteiger partial charge in [-0.05, 0) is 31.0 Å². The summed E-state index contributed by atoms with van der Waals surface area (Å²) in [6.45, 7) is 4.77. The van der Waals surface area contributed by atoms with Gasteiger partial charge < -0.3 is 15.1 Å². The molecule has 0 atom stereocenters. The van der Waals surface area contributed by atoms with Crippen LogP contribution in [-0.4, -0.2) is 47.9 Å². The van der Waals surface area contributed by atoms with Crippen LogP contribution in [0, 0.1) is 0 Å². The Morgan fingerprint density at radius 1 is 1.00 bits per heavy atom. The Balaban J connectivity index is 1.72. The molecule has 5 nitrogen and oxygen atoms in total. The third-order valence-electron chi connectivity index (χ3n) is 4.96. The van der Waals surface area contributed by atoms with Gasteiger partial charge in [-0.3, -0.25) is 4.79 Å². The number of halogens is 1. The van der Waals surface area contributed by atoms with Gasteiger partial charge in [-0.25, -0.2) is 4.79 Å². The summed E-state index contributed by atoms with van der Waals surface area (Å²) >= 11 is 5.96. The first-order chi connectivity index (χ1) is 13.1. The number of amides is 3. The predicted molar refractivity (Wildman–Crippen MR) is 111 cm³/mol. The first kappa shape index (κ1) is 21.5. The van der Waals surface area contributed by atoms with Gasteiger partial charge in [0, 0.05) is 43.3 Å². The van der Waals surface area contributed by atoms with E-state index in [9.17, 15) is 9.59 Å². The summed E-state index contributed by atoms with van der Waals surface area (Å²) in [5.74, 6) is 0.225. The number of nitrogens with one attached hydrogen (secondary N) is 1. The molecule has 0 saturated carbocycles. The number of urea groups is 1. The van der Waals surface area contributed by atoms with E-state index in [2.05, 4.69) is 12.2 Å². The molecule has 0 spiro atoms. The van der Waals surface area contributed by atoms with E-state index in [0.717, 1.165) is 25.8 Å². The van der Waals surface area contributed by atoms with Crippen molar-refractivity contribution < 1.29 is 9.59 Å². The van der Waals surface area contributed by atoms with Gasteiger partial charge in [0.1, 0.15) is 0 Å². The zero-order valence-corrected chi connectivity index (χ0v) is 17.1. The highest BCUT2D eigenvalue weighted by Crippen LogP contribution is 2.16. The summed E-state index contributed by atoms with van der Waals surface area (Å²) in [6, 6.07) is 6.99. The quantitative estimate of drug-likeness (QED) is 0.620. The molecule has 1 aliphatic heterocycles. The molecule has 0 aliphatic carbocycles. The van der Waals surface area contributed by atoms with Crippen LogP contribution in [0.4, 0.5) is 10.5 Å². The average molecular weight is 394 g/mol. The summed E-state index contributed by atoms with van der Waals surface area (Å²) < 4.78 is 0. The lowest BCUT2D eigenvalue weighted by molar-refractivity contribution is -0.131. The second kappa shape index (κ2) is 11.9. The molecule has 1 fully saturated rings. The molecule has 1 aromatic rings. The van der Waals surface area contributed by atoms with Gasteiger partial charge in [-0.1, -0.05) is 56.7 Å². The van der Waals surface area contributed by atoms with Gasteiger partial charge in [-0.15, -0.1) is 0 Å². The smallest absolute Gasteiger partial charge is 0.321 e. The fraction of sp³-hybridized carbons (Fsp3) is 0.619. The second-order valence-corrected chi connectivity index (χ2v) is 7.62. The van der Waals surface area contributed by atoms with Crippen LogP contribution >= 0.6 is 11.6 Å². The summed E-state index contributed by atoms with van der Waals surface area (Å²) in [4.78, 5) is 28.6. The molecule has 0 radical (unpaired) electrons. The lowest BCUT2D eigenvalue weighted by Crippen LogP contribution is -2.39. The highest BCUT2D eigenvalue weighted by Gasteiger charge is 2.21. The zero-order chi connectivity index (χ0) is 19.5. The fourth-order valence-electron chi connectivity index (χ4n) is 3.35. The van der Waals surface area contributed by atoms with Gasteiger partial charge in [0.15, 0.2) is 0 Å². The third kappa shape index (κ3) is 7.79. The fourth-order valence-corrected chi connectivity index (χ4v) is 3.54. The predicted octanol–water partition coefficient (Wildman–Crippen LogP) is 5.16. The first-order valence-electron chi connectivity index (χ1n) is 10.2. The molecule has 2 rings (SSSR count). The van der Waals surface area contributed by atoms with Crippen molar-refractivity contribution in [3.05, 3.63) is 29.3 Å². The van der Waals surface area contributed by atoms with Crippen LogP contribution in [0.5, 0.6) is 0 Å². The molecule has 3 amide bonds. The van der Waals surface area contributed by atoms with Crippen molar-refractivity contribution in [2.24, 2.45) is 0 Å². The Bertz CT molecular complexity index is 609. The molecule has 6 heteroatoms. The van der Waals surface area contributed by atoms with Gasteiger partial charge in [0.25, 0.3) is 0 Å². The van der Waals surface area contributed by atoms with Crippen LogP contribution in [0.1, 0.15) is 58.3 Å². The maximum atomic E-state index is 12.5. The number of benzene rings is 1. The number of carbonyl (C=O) groups excluding carboxylic acids is 2. The molecule has 27 heavy (non-hydrogen) atoms. The summed E-state index contributed by atoms with van der Waals surface area (Å²) in [7, 11) is 0. The van der Waals surface area contributed by atoms with Crippen molar-refractivity contribution in [3.63, 3.8) is 0 Å². The van der Waals surface area contributed by atoms with E-state index in [0.29, 0.717) is 36.8 Å². The Kier molecular flexibility index (Phi) is 9.46. The molecular formula is C21H32ClN3O2. The zero-order valence-electron chi connectivity index (χ0n) is 16.4. The molecular weight excluding hydrogens is 362 g/mol. The number of carbonyl (C=O) groups is 2. The van der Waals surface area contributed by atoms with E-state index < -0.39 is 0 Å². The van der Waals surface area contributed by atoms with E-state index in [4.69, 9.17) is 11.6 Å². The Labute approximate surface area is 168 Å². The number of hydrogen-bond acceptors (Lipinski definition) is 2. The molecule has 1 aromatic carbocycles. The van der Waals surface area contributed by atoms with Crippen LogP contribution < -0.4 is 5.32 Å². The van der Waals surface area contributed by atoms with Crippen molar-refractivity contribution in [1.82, 2.24) is 9.80 Å². The van der Waals surface area contributed by atoms with Crippen molar-refractivity contribution in [3.8, 4) is 0 Å². The van der Waals surface area contributed by atoms with Gasteiger partial charge in [0.05, 0.1) is 0 Å². The summed E-state index contributed by atoms with van der Waals surface area (Å²) in [5, 5.41) is 3.47. The van der Waals surface area contributed by atoms with Crippen molar-refractivity contribution in [2.45, 2.75) is 58.3 Å². The van der Waals surface area contributed by atoms with E-state index in [1.807, 2.05) is 17.0 Å². The Morgan fingerprint density at radius 3 is 2.48 bits per heavy atom. The Hall–Kier alpha value is -1.75. The van der Waals surface area contributed by atoms with E-state index in [-0.39, 0.29) is 11.9 Å². The largest absolute Gasteiger partial charge is 0.341 e. The van der Waals surface area contributed by atoms with Gasteiger partial charge in [0.2, 0.25) is 5.91 Å². The van der Waals surface area contributed by atoms with Gasteiger partial charge >= 0.3 is 6.03 Å². The molecule has 1 N–H and O–H groups in total. The van der Waals surface area contributed by atoms with Gasteiger partial charge in [-0.2, -0.15) is 0 Å². The highest BCUT2D eigenvalue weighted by molar-refractivity contribution is 6.30. The lowest BCUT2D eigenvalue weighted by Gasteiger charge is -2.22. The topological polar surface area (TPSA) is 52.7 Å². The van der Waals surface area contributed by atoms with E-state index in [1.54, 1.807) is 17.0 Å². The lowest BCUT2D eigenvalue weighted by atomic mass is 10.1. The summed E-state index contributed by atoms with van der Waals surface area (Å²) in [5.41, 5.74) is 0.688. The van der Waals surface area contributed by atoms with E-state index in [1.165, 1.54) is 25.7 Å². The molecule has 150 valence electrons. The normalized spacial score (nSPS) is 14.7. The van der Waals surface area contributed by atoms with Crippen molar-refractivity contribution in [2.75, 3.05) is 31.5 Å². The highest BCUT2D eigenvalue weighted by atomic mass is 35.5. The molecule has 0 unspecified atom stereocenters. The minimum absolute atomic E-state index is 0.137. The molecule has 1 aliphatic rings. The summed E-state index contributed by atoms with van der Waals surface area (Å²) in [6.07, 6.45) is 8.56. The number of hydrogen-bond donors (Lipinski definition) is 1.